The van der Waals surface area contributed by atoms with Crippen molar-refractivity contribution in [3.8, 4) is 5.75 Å². The van der Waals surface area contributed by atoms with Crippen LogP contribution in [0.1, 0.15) is 111 Å². The zero-order valence-corrected chi connectivity index (χ0v) is 20.5. The molecule has 0 radical (unpaired) electrons. The van der Waals surface area contributed by atoms with Crippen LogP contribution < -0.4 is 4.74 Å². The van der Waals surface area contributed by atoms with Crippen LogP contribution >= 0.6 is 0 Å². The van der Waals surface area contributed by atoms with Crippen molar-refractivity contribution in [1.82, 2.24) is 0 Å². The number of hydrogen-bond acceptors (Lipinski definition) is 4. The molecule has 186 valence electrons. The van der Waals surface area contributed by atoms with Gasteiger partial charge in [0.05, 0.1) is 17.7 Å². The first-order chi connectivity index (χ1) is 16.6. The molecular formula is C29H39FO4. The number of carbonyl (C=O) groups is 2. The fraction of sp³-hybridized carbons (Fsp3) is 0.517. The first kappa shape index (κ1) is 27.6. The molecule has 0 unspecified atom stereocenters. The molecule has 4 nitrogen and oxygen atoms in total. The van der Waals surface area contributed by atoms with E-state index in [0.29, 0.717) is 6.61 Å². The number of hydrogen-bond donors (Lipinski definition) is 0. The minimum Gasteiger partial charge on any atom is -0.462 e. The third kappa shape index (κ3) is 10.5. The van der Waals surface area contributed by atoms with Crippen molar-refractivity contribution in [2.45, 2.75) is 90.4 Å². The number of esters is 2. The molecule has 5 heteroatoms. The maximum Gasteiger partial charge on any atom is 0.344 e. The lowest BCUT2D eigenvalue weighted by molar-refractivity contribution is 0.0489. The molecule has 0 saturated carbocycles. The van der Waals surface area contributed by atoms with Crippen molar-refractivity contribution in [3.05, 3.63) is 65.5 Å². The Kier molecular flexibility index (Phi) is 13.7. The van der Waals surface area contributed by atoms with Gasteiger partial charge in [0.15, 0.2) is 11.6 Å². The first-order valence-electron chi connectivity index (χ1n) is 12.9. The Morgan fingerprint density at radius 3 is 1.68 bits per heavy atom. The summed E-state index contributed by atoms with van der Waals surface area (Å²) in [5.74, 6) is -2.18. The summed E-state index contributed by atoms with van der Waals surface area (Å²) in [5.41, 5.74) is 0.180. The van der Waals surface area contributed by atoms with Gasteiger partial charge in [-0.05, 0) is 30.7 Å². The lowest BCUT2D eigenvalue weighted by Crippen LogP contribution is -2.16. The van der Waals surface area contributed by atoms with Crippen molar-refractivity contribution in [3.63, 3.8) is 0 Å². The molecule has 2 aromatic rings. The summed E-state index contributed by atoms with van der Waals surface area (Å²) in [6.07, 6.45) is 16.2. The van der Waals surface area contributed by atoms with Crippen LogP contribution in [0.4, 0.5) is 4.39 Å². The van der Waals surface area contributed by atoms with E-state index in [9.17, 15) is 14.0 Å². The highest BCUT2D eigenvalue weighted by molar-refractivity contribution is 6.03. The standard InChI is InChI=1S/C29H39FO4/c1-2-3-4-5-6-7-8-9-10-11-12-13-18-23-33-28(31)24-19-14-15-20-25(24)29(32)34-27-22-17-16-21-26(27)30/h14-17,19-22H,2-13,18,23H2,1H3. The topological polar surface area (TPSA) is 52.6 Å². The van der Waals surface area contributed by atoms with E-state index in [2.05, 4.69) is 6.92 Å². The number of unbranched alkanes of at least 4 members (excludes halogenated alkanes) is 12. The molecule has 0 atom stereocenters. The predicted octanol–water partition coefficient (Wildman–Crippen LogP) is 8.29. The summed E-state index contributed by atoms with van der Waals surface area (Å²) in [5, 5.41) is 0. The molecule has 0 aliphatic rings. The van der Waals surface area contributed by atoms with E-state index in [0.717, 1.165) is 19.3 Å². The largest absolute Gasteiger partial charge is 0.462 e. The molecular weight excluding hydrogens is 431 g/mol. The monoisotopic (exact) mass is 470 g/mol. The second kappa shape index (κ2) is 16.9. The molecule has 0 aliphatic carbocycles. The number of rotatable bonds is 17. The van der Waals surface area contributed by atoms with Gasteiger partial charge in [-0.3, -0.25) is 0 Å². The van der Waals surface area contributed by atoms with Crippen LogP contribution in [0.15, 0.2) is 48.5 Å². The minimum atomic E-state index is -0.793. The molecule has 0 fully saturated rings. The van der Waals surface area contributed by atoms with Gasteiger partial charge in [-0.1, -0.05) is 108 Å². The van der Waals surface area contributed by atoms with Crippen LogP contribution in [0, 0.1) is 5.82 Å². The molecule has 0 heterocycles. The average molecular weight is 471 g/mol. The Balaban J connectivity index is 1.61. The summed E-state index contributed by atoms with van der Waals surface area (Å²) in [6, 6.07) is 11.9. The smallest absolute Gasteiger partial charge is 0.344 e. The molecule has 0 amide bonds. The van der Waals surface area contributed by atoms with Gasteiger partial charge in [-0.2, -0.15) is 0 Å². The molecule has 0 bridgehead atoms. The maximum absolute atomic E-state index is 13.8. The predicted molar refractivity (Wildman–Crippen MR) is 134 cm³/mol. The number of ether oxygens (including phenoxy) is 2. The second-order valence-electron chi connectivity index (χ2n) is 8.74. The average Bonchev–Trinajstić information content (AvgIpc) is 2.85. The van der Waals surface area contributed by atoms with Crippen molar-refractivity contribution in [2.24, 2.45) is 0 Å². The summed E-state index contributed by atoms with van der Waals surface area (Å²) in [6.45, 7) is 2.56. The summed E-state index contributed by atoms with van der Waals surface area (Å²) in [7, 11) is 0. The highest BCUT2D eigenvalue weighted by atomic mass is 19.1. The number of carbonyl (C=O) groups excluding carboxylic acids is 2. The molecule has 0 N–H and O–H groups in total. The number of para-hydroxylation sites is 1. The fourth-order valence-electron chi connectivity index (χ4n) is 3.88. The lowest BCUT2D eigenvalue weighted by atomic mass is 10.0. The van der Waals surface area contributed by atoms with Crippen LogP contribution in [0.2, 0.25) is 0 Å². The lowest BCUT2D eigenvalue weighted by Gasteiger charge is -2.10. The molecule has 0 aliphatic heterocycles. The van der Waals surface area contributed by atoms with Gasteiger partial charge in [0.25, 0.3) is 0 Å². The van der Waals surface area contributed by atoms with Gasteiger partial charge in [0, 0.05) is 0 Å². The molecule has 2 rings (SSSR count). The number of halogens is 1. The highest BCUT2D eigenvalue weighted by Gasteiger charge is 2.20. The van der Waals surface area contributed by atoms with Gasteiger partial charge in [-0.25, -0.2) is 14.0 Å². The summed E-state index contributed by atoms with van der Waals surface area (Å²) >= 11 is 0. The molecule has 0 aromatic heterocycles. The van der Waals surface area contributed by atoms with Crippen molar-refractivity contribution in [2.75, 3.05) is 6.61 Å². The van der Waals surface area contributed by atoms with E-state index in [1.54, 1.807) is 18.2 Å². The zero-order chi connectivity index (χ0) is 24.4. The Morgan fingerprint density at radius 2 is 1.12 bits per heavy atom. The molecule has 0 saturated heterocycles. The third-order valence-corrected chi connectivity index (χ3v) is 5.89. The normalized spacial score (nSPS) is 10.8. The molecule has 0 spiro atoms. The second-order valence-corrected chi connectivity index (χ2v) is 8.74. The van der Waals surface area contributed by atoms with Gasteiger partial charge in [0.1, 0.15) is 0 Å². The van der Waals surface area contributed by atoms with Gasteiger partial charge < -0.3 is 9.47 Å². The van der Waals surface area contributed by atoms with Crippen LogP contribution in [0.3, 0.4) is 0 Å². The van der Waals surface area contributed by atoms with E-state index in [4.69, 9.17) is 9.47 Å². The van der Waals surface area contributed by atoms with E-state index in [-0.39, 0.29) is 16.9 Å². The van der Waals surface area contributed by atoms with Crippen LogP contribution in [0.5, 0.6) is 5.75 Å². The first-order valence-corrected chi connectivity index (χ1v) is 12.9. The SMILES string of the molecule is CCCCCCCCCCCCCCCOC(=O)c1ccccc1C(=O)Oc1ccccc1F. The fourth-order valence-corrected chi connectivity index (χ4v) is 3.88. The van der Waals surface area contributed by atoms with E-state index < -0.39 is 17.8 Å². The molecule has 2 aromatic carbocycles. The van der Waals surface area contributed by atoms with Crippen molar-refractivity contribution >= 4 is 11.9 Å². The van der Waals surface area contributed by atoms with Gasteiger partial charge >= 0.3 is 11.9 Å². The van der Waals surface area contributed by atoms with Crippen molar-refractivity contribution in [1.29, 1.82) is 0 Å². The number of benzene rings is 2. The van der Waals surface area contributed by atoms with Crippen LogP contribution in [-0.2, 0) is 4.74 Å². The Morgan fingerprint density at radius 1 is 0.647 bits per heavy atom. The van der Waals surface area contributed by atoms with Crippen LogP contribution in [-0.4, -0.2) is 18.5 Å². The quantitative estimate of drug-likeness (QED) is 0.133. The molecule has 34 heavy (non-hydrogen) atoms. The van der Waals surface area contributed by atoms with Gasteiger partial charge in [0.2, 0.25) is 0 Å². The summed E-state index contributed by atoms with van der Waals surface area (Å²) in [4.78, 5) is 25.0. The van der Waals surface area contributed by atoms with Crippen LogP contribution in [0.25, 0.3) is 0 Å². The zero-order valence-electron chi connectivity index (χ0n) is 20.5. The Bertz CT molecular complexity index is 865. The Labute approximate surface area is 203 Å². The van der Waals surface area contributed by atoms with Gasteiger partial charge in [-0.15, -0.1) is 0 Å². The third-order valence-electron chi connectivity index (χ3n) is 5.89. The summed E-state index contributed by atoms with van der Waals surface area (Å²) < 4.78 is 24.3. The maximum atomic E-state index is 13.8. The van der Waals surface area contributed by atoms with E-state index >= 15 is 0 Å². The highest BCUT2D eigenvalue weighted by Crippen LogP contribution is 2.19. The van der Waals surface area contributed by atoms with Crippen molar-refractivity contribution < 1.29 is 23.5 Å². The van der Waals surface area contributed by atoms with E-state index in [1.165, 1.54) is 94.5 Å². The Hall–Kier alpha value is -2.69. The van der Waals surface area contributed by atoms with E-state index in [1.807, 2.05) is 0 Å². The minimum absolute atomic E-state index is 0.0566.